The average molecular weight is 287 g/mol. The monoisotopic (exact) mass is 287 g/mol. The first-order chi connectivity index (χ1) is 10.3. The summed E-state index contributed by atoms with van der Waals surface area (Å²) in [5.41, 5.74) is 2.10. The lowest BCUT2D eigenvalue weighted by Gasteiger charge is -2.01. The van der Waals surface area contributed by atoms with Crippen molar-refractivity contribution in [3.8, 4) is 17.2 Å². The molecule has 0 amide bonds. The molecule has 5 nitrogen and oxygen atoms in total. The third kappa shape index (κ3) is 2.79. The van der Waals surface area contributed by atoms with Crippen LogP contribution >= 0.6 is 0 Å². The lowest BCUT2D eigenvalue weighted by molar-refractivity contribution is 0.273. The topological polar surface area (TPSA) is 60.2 Å². The second-order valence-corrected chi connectivity index (χ2v) is 4.37. The lowest BCUT2D eigenvalue weighted by Crippen LogP contribution is -1.98. The smallest absolute Gasteiger partial charge is 0.228 e. The summed E-state index contributed by atoms with van der Waals surface area (Å²) < 4.78 is 23.0. The number of pyridine rings is 1. The molecule has 0 aliphatic heterocycles. The Balaban J connectivity index is 1.92. The number of benzene rings is 1. The molecule has 108 valence electrons. The standard InChI is InChI=1S/C15H14FN3O2/c1-17-14-5-2-10(9-18-14)15-19-12-8-11(20-7-6-16)3-4-13(12)21-15/h2-5,8-9H,6-7H2,1H3,(H,17,18). The molecule has 0 saturated heterocycles. The molecular weight excluding hydrogens is 273 g/mol. The van der Waals surface area contributed by atoms with E-state index in [0.717, 1.165) is 11.4 Å². The number of oxazole rings is 1. The molecular formula is C15H14FN3O2. The SMILES string of the molecule is CNc1ccc(-c2nc3cc(OCCF)ccc3o2)cn1. The molecule has 1 N–H and O–H groups in total. The minimum Gasteiger partial charge on any atom is -0.491 e. The first-order valence-electron chi connectivity index (χ1n) is 6.53. The van der Waals surface area contributed by atoms with Crippen LogP contribution < -0.4 is 10.1 Å². The van der Waals surface area contributed by atoms with Gasteiger partial charge >= 0.3 is 0 Å². The molecule has 0 fully saturated rings. The van der Waals surface area contributed by atoms with Crippen molar-refractivity contribution in [1.29, 1.82) is 0 Å². The van der Waals surface area contributed by atoms with Crippen LogP contribution in [0.15, 0.2) is 40.9 Å². The summed E-state index contributed by atoms with van der Waals surface area (Å²) in [6.45, 7) is -0.489. The predicted molar refractivity (Wildman–Crippen MR) is 78.3 cm³/mol. The van der Waals surface area contributed by atoms with Gasteiger partial charge < -0.3 is 14.5 Å². The molecule has 2 heterocycles. The molecule has 0 spiro atoms. The Morgan fingerprint density at radius 2 is 2.19 bits per heavy atom. The Labute approximate surface area is 120 Å². The van der Waals surface area contributed by atoms with Crippen molar-refractivity contribution < 1.29 is 13.5 Å². The van der Waals surface area contributed by atoms with E-state index in [1.807, 2.05) is 12.1 Å². The minimum atomic E-state index is -0.522. The second-order valence-electron chi connectivity index (χ2n) is 4.37. The fourth-order valence-corrected chi connectivity index (χ4v) is 1.95. The molecule has 6 heteroatoms. The van der Waals surface area contributed by atoms with Crippen molar-refractivity contribution in [3.63, 3.8) is 0 Å². The highest BCUT2D eigenvalue weighted by Crippen LogP contribution is 2.27. The Hall–Kier alpha value is -2.63. The largest absolute Gasteiger partial charge is 0.491 e. The minimum absolute atomic E-state index is 0.0333. The zero-order chi connectivity index (χ0) is 14.7. The van der Waals surface area contributed by atoms with Crippen LogP contribution in [0.25, 0.3) is 22.6 Å². The molecule has 2 aromatic heterocycles. The molecule has 0 radical (unpaired) electrons. The van der Waals surface area contributed by atoms with Crippen LogP contribution in [0, 0.1) is 0 Å². The van der Waals surface area contributed by atoms with E-state index in [1.54, 1.807) is 31.4 Å². The summed E-state index contributed by atoms with van der Waals surface area (Å²) in [5, 5.41) is 2.95. The van der Waals surface area contributed by atoms with Crippen molar-refractivity contribution in [2.45, 2.75) is 0 Å². The number of halogens is 1. The third-order valence-corrected chi connectivity index (χ3v) is 2.97. The van der Waals surface area contributed by atoms with Crippen LogP contribution in [0.3, 0.4) is 0 Å². The zero-order valence-corrected chi connectivity index (χ0v) is 11.5. The van der Waals surface area contributed by atoms with Crippen molar-refractivity contribution in [2.24, 2.45) is 0 Å². The number of alkyl halides is 1. The van der Waals surface area contributed by atoms with Gasteiger partial charge in [-0.2, -0.15) is 0 Å². The van der Waals surface area contributed by atoms with Crippen LogP contribution in [0.1, 0.15) is 0 Å². The summed E-state index contributed by atoms with van der Waals surface area (Å²) >= 11 is 0. The van der Waals surface area contributed by atoms with Crippen LogP contribution in [-0.4, -0.2) is 30.3 Å². The van der Waals surface area contributed by atoms with E-state index in [4.69, 9.17) is 9.15 Å². The van der Waals surface area contributed by atoms with Gasteiger partial charge in [0.15, 0.2) is 5.58 Å². The molecule has 21 heavy (non-hydrogen) atoms. The van der Waals surface area contributed by atoms with E-state index in [9.17, 15) is 4.39 Å². The van der Waals surface area contributed by atoms with Gasteiger partial charge in [-0.05, 0) is 24.3 Å². The predicted octanol–water partition coefficient (Wildman–Crippen LogP) is 3.28. The van der Waals surface area contributed by atoms with Gasteiger partial charge in [0.05, 0.1) is 5.56 Å². The van der Waals surface area contributed by atoms with E-state index in [2.05, 4.69) is 15.3 Å². The number of fused-ring (bicyclic) bond motifs is 1. The number of hydrogen-bond donors (Lipinski definition) is 1. The van der Waals surface area contributed by atoms with E-state index in [1.165, 1.54) is 0 Å². The molecule has 0 aliphatic carbocycles. The molecule has 0 atom stereocenters. The van der Waals surface area contributed by atoms with Crippen molar-refractivity contribution in [1.82, 2.24) is 9.97 Å². The van der Waals surface area contributed by atoms with Gasteiger partial charge in [-0.3, -0.25) is 0 Å². The van der Waals surface area contributed by atoms with Gasteiger partial charge in [-0.25, -0.2) is 14.4 Å². The maximum Gasteiger partial charge on any atom is 0.228 e. The van der Waals surface area contributed by atoms with Crippen LogP contribution in [0.4, 0.5) is 10.2 Å². The Morgan fingerprint density at radius 3 is 2.90 bits per heavy atom. The first-order valence-corrected chi connectivity index (χ1v) is 6.53. The molecule has 0 saturated carbocycles. The van der Waals surface area contributed by atoms with Gasteiger partial charge in [0.2, 0.25) is 5.89 Å². The highest BCUT2D eigenvalue weighted by molar-refractivity contribution is 5.77. The Bertz CT molecular complexity index is 740. The number of hydrogen-bond acceptors (Lipinski definition) is 5. The van der Waals surface area contributed by atoms with Gasteiger partial charge in [-0.15, -0.1) is 0 Å². The number of rotatable bonds is 5. The van der Waals surface area contributed by atoms with Gasteiger partial charge in [0, 0.05) is 19.3 Å². The van der Waals surface area contributed by atoms with E-state index in [0.29, 0.717) is 22.7 Å². The van der Waals surface area contributed by atoms with Gasteiger partial charge in [0.1, 0.15) is 30.4 Å². The highest BCUT2D eigenvalue weighted by Gasteiger charge is 2.09. The second kappa shape index (κ2) is 5.78. The van der Waals surface area contributed by atoms with Crippen LogP contribution in [-0.2, 0) is 0 Å². The summed E-state index contributed by atoms with van der Waals surface area (Å²) in [4.78, 5) is 8.63. The van der Waals surface area contributed by atoms with E-state index in [-0.39, 0.29) is 6.61 Å². The fraction of sp³-hybridized carbons (Fsp3) is 0.200. The maximum absolute atomic E-state index is 12.1. The summed E-state index contributed by atoms with van der Waals surface area (Å²) in [5.74, 6) is 1.84. The summed E-state index contributed by atoms with van der Waals surface area (Å²) in [6, 6.07) is 8.95. The molecule has 1 aromatic carbocycles. The highest BCUT2D eigenvalue weighted by atomic mass is 19.1. The molecule has 0 bridgehead atoms. The molecule has 0 unspecified atom stereocenters. The number of ether oxygens (including phenoxy) is 1. The molecule has 3 aromatic rings. The number of nitrogens with one attached hydrogen (secondary N) is 1. The van der Waals surface area contributed by atoms with Crippen molar-refractivity contribution in [2.75, 3.05) is 25.6 Å². The van der Waals surface area contributed by atoms with Crippen LogP contribution in [0.2, 0.25) is 0 Å². The molecule has 3 rings (SSSR count). The van der Waals surface area contributed by atoms with Crippen molar-refractivity contribution >= 4 is 16.9 Å². The lowest BCUT2D eigenvalue weighted by atomic mass is 10.3. The fourth-order valence-electron chi connectivity index (χ4n) is 1.95. The van der Waals surface area contributed by atoms with Crippen LogP contribution in [0.5, 0.6) is 5.75 Å². The van der Waals surface area contributed by atoms with Crippen molar-refractivity contribution in [3.05, 3.63) is 36.5 Å². The quantitative estimate of drug-likeness (QED) is 0.780. The number of aromatic nitrogens is 2. The first kappa shape index (κ1) is 13.4. The van der Waals surface area contributed by atoms with E-state index < -0.39 is 6.67 Å². The Kier molecular flexibility index (Phi) is 3.68. The maximum atomic E-state index is 12.1. The van der Waals surface area contributed by atoms with E-state index >= 15 is 0 Å². The summed E-state index contributed by atoms with van der Waals surface area (Å²) in [7, 11) is 1.81. The van der Waals surface area contributed by atoms with Gasteiger partial charge in [-0.1, -0.05) is 0 Å². The zero-order valence-electron chi connectivity index (χ0n) is 11.5. The number of anilines is 1. The Morgan fingerprint density at radius 1 is 1.29 bits per heavy atom. The van der Waals surface area contributed by atoms with Gasteiger partial charge in [0.25, 0.3) is 0 Å². The molecule has 0 aliphatic rings. The summed E-state index contributed by atoms with van der Waals surface area (Å²) in [6.07, 6.45) is 1.69. The normalized spacial score (nSPS) is 10.8. The number of nitrogens with zero attached hydrogens (tertiary/aromatic N) is 2. The average Bonchev–Trinajstić information content (AvgIpc) is 2.96. The third-order valence-electron chi connectivity index (χ3n) is 2.97.